The molecule has 10 heteroatoms. The van der Waals surface area contributed by atoms with Gasteiger partial charge in [-0.2, -0.15) is 0 Å². The van der Waals surface area contributed by atoms with Gasteiger partial charge in [-0.05, 0) is 42.5 Å². The summed E-state index contributed by atoms with van der Waals surface area (Å²) in [5.74, 6) is 0.657. The molecule has 1 atom stereocenters. The Hall–Kier alpha value is -3.27. The number of benzene rings is 1. The molecule has 29 heavy (non-hydrogen) atoms. The maximum atomic E-state index is 12.6. The Labute approximate surface area is 170 Å². The van der Waals surface area contributed by atoms with E-state index in [0.717, 1.165) is 22.2 Å². The summed E-state index contributed by atoms with van der Waals surface area (Å²) in [5.41, 5.74) is 0.738. The highest BCUT2D eigenvalue weighted by Gasteiger charge is 2.34. The van der Waals surface area contributed by atoms with E-state index in [1.807, 2.05) is 0 Å². The maximum absolute atomic E-state index is 12.6. The quantitative estimate of drug-likeness (QED) is 0.722. The van der Waals surface area contributed by atoms with Crippen LogP contribution >= 0.6 is 11.8 Å². The van der Waals surface area contributed by atoms with Crippen molar-refractivity contribution in [3.05, 3.63) is 47.4 Å². The summed E-state index contributed by atoms with van der Waals surface area (Å²) in [6, 6.07) is 4.88. The summed E-state index contributed by atoms with van der Waals surface area (Å²) in [4.78, 5) is 42.4. The third-order valence-electron chi connectivity index (χ3n) is 4.55. The number of amides is 3. The summed E-state index contributed by atoms with van der Waals surface area (Å²) in [5, 5.41) is 2.38. The lowest BCUT2D eigenvalue weighted by Crippen LogP contribution is -2.39. The number of nitrogens with zero attached hydrogens (tertiary/aromatic N) is 3. The van der Waals surface area contributed by atoms with Gasteiger partial charge >= 0.3 is 0 Å². The summed E-state index contributed by atoms with van der Waals surface area (Å²) in [7, 11) is 0. The fourth-order valence-corrected chi connectivity index (χ4v) is 3.78. The van der Waals surface area contributed by atoms with Crippen molar-refractivity contribution >= 4 is 34.9 Å². The molecule has 0 aliphatic carbocycles. The van der Waals surface area contributed by atoms with Crippen molar-refractivity contribution in [1.82, 2.24) is 19.8 Å². The number of carbonyl (C=O) groups excluding carboxylic acids is 3. The molecule has 4 rings (SSSR count). The highest BCUT2D eigenvalue weighted by molar-refractivity contribution is 8.18. The second kappa shape index (κ2) is 8.00. The van der Waals surface area contributed by atoms with Gasteiger partial charge in [-0.25, -0.2) is 4.98 Å². The van der Waals surface area contributed by atoms with Crippen LogP contribution in [0.25, 0.3) is 6.08 Å². The second-order valence-corrected chi connectivity index (χ2v) is 7.42. The van der Waals surface area contributed by atoms with Gasteiger partial charge in [0.2, 0.25) is 12.7 Å². The molecule has 9 nitrogen and oxygen atoms in total. The van der Waals surface area contributed by atoms with Crippen LogP contribution in [0.2, 0.25) is 0 Å². The van der Waals surface area contributed by atoms with Gasteiger partial charge in [0, 0.05) is 25.5 Å². The van der Waals surface area contributed by atoms with E-state index in [0.29, 0.717) is 16.4 Å². The van der Waals surface area contributed by atoms with Gasteiger partial charge in [0.15, 0.2) is 11.5 Å². The Kier molecular flexibility index (Phi) is 5.26. The van der Waals surface area contributed by atoms with Crippen LogP contribution in [-0.4, -0.2) is 51.4 Å². The van der Waals surface area contributed by atoms with Crippen LogP contribution in [0, 0.1) is 0 Å². The number of carbonyl (C=O) groups is 3. The lowest BCUT2D eigenvalue weighted by atomic mass is 10.2. The molecule has 3 heterocycles. The van der Waals surface area contributed by atoms with E-state index < -0.39 is 6.04 Å². The summed E-state index contributed by atoms with van der Waals surface area (Å²) in [6.45, 7) is 2.18. The number of imidazole rings is 1. The minimum Gasteiger partial charge on any atom is -0.454 e. The molecule has 2 aliphatic rings. The van der Waals surface area contributed by atoms with Gasteiger partial charge in [-0.3, -0.25) is 19.3 Å². The molecular formula is C19H18N4O5S. The van der Waals surface area contributed by atoms with E-state index >= 15 is 0 Å². The van der Waals surface area contributed by atoms with E-state index in [1.165, 1.54) is 0 Å². The maximum Gasteiger partial charge on any atom is 0.293 e. The van der Waals surface area contributed by atoms with E-state index in [1.54, 1.807) is 54.5 Å². The summed E-state index contributed by atoms with van der Waals surface area (Å²) >= 11 is 0.874. The monoisotopic (exact) mass is 414 g/mol. The first-order chi connectivity index (χ1) is 14.0. The minimum atomic E-state index is -0.432. The Bertz CT molecular complexity index is 988. The smallest absolute Gasteiger partial charge is 0.293 e. The number of aromatic nitrogens is 2. The van der Waals surface area contributed by atoms with E-state index in [4.69, 9.17) is 9.47 Å². The largest absolute Gasteiger partial charge is 0.454 e. The molecular weight excluding hydrogens is 396 g/mol. The van der Waals surface area contributed by atoms with E-state index in [-0.39, 0.29) is 36.9 Å². The van der Waals surface area contributed by atoms with Crippen LogP contribution in [0.5, 0.6) is 11.5 Å². The highest BCUT2D eigenvalue weighted by atomic mass is 32.2. The van der Waals surface area contributed by atoms with Gasteiger partial charge in [-0.1, -0.05) is 6.07 Å². The van der Waals surface area contributed by atoms with Crippen LogP contribution in [0.4, 0.5) is 4.79 Å². The van der Waals surface area contributed by atoms with Crippen molar-refractivity contribution < 1.29 is 23.9 Å². The number of hydrogen-bond donors (Lipinski definition) is 1. The van der Waals surface area contributed by atoms with E-state index in [2.05, 4.69) is 10.3 Å². The van der Waals surface area contributed by atoms with Crippen molar-refractivity contribution in [3.63, 3.8) is 0 Å². The third kappa shape index (κ3) is 3.97. The lowest BCUT2D eigenvalue weighted by molar-refractivity contribution is -0.125. The van der Waals surface area contributed by atoms with Crippen molar-refractivity contribution in [1.29, 1.82) is 0 Å². The predicted molar refractivity (Wildman–Crippen MR) is 105 cm³/mol. The molecule has 1 aromatic heterocycles. The lowest BCUT2D eigenvalue weighted by Gasteiger charge is -2.16. The number of ether oxygens (including phenoxy) is 2. The normalized spacial score (nSPS) is 17.8. The van der Waals surface area contributed by atoms with Crippen molar-refractivity contribution in [2.75, 3.05) is 19.9 Å². The standard InChI is InChI=1S/C19H18N4O5S/c1-12(22-6-4-20-10-22)17(24)21-5-7-23-18(25)16(29-19(23)26)9-13-2-3-14-15(8-13)28-11-27-14/h2-4,6,8-10,12H,5,7,11H2,1H3,(H,21,24). The zero-order chi connectivity index (χ0) is 20.4. The fraction of sp³-hybridized carbons (Fsp3) is 0.263. The molecule has 2 aliphatic heterocycles. The Morgan fingerprint density at radius 3 is 2.97 bits per heavy atom. The molecule has 1 N–H and O–H groups in total. The Morgan fingerprint density at radius 2 is 2.17 bits per heavy atom. The van der Waals surface area contributed by atoms with Crippen LogP contribution in [-0.2, 0) is 9.59 Å². The molecule has 0 bridgehead atoms. The Balaban J connectivity index is 1.35. The van der Waals surface area contributed by atoms with Gasteiger partial charge < -0.3 is 19.4 Å². The minimum absolute atomic E-state index is 0.103. The summed E-state index contributed by atoms with van der Waals surface area (Å²) in [6.07, 6.45) is 6.49. The molecule has 1 fully saturated rings. The number of imide groups is 1. The van der Waals surface area contributed by atoms with Crippen LogP contribution in [0.15, 0.2) is 41.8 Å². The molecule has 150 valence electrons. The molecule has 0 radical (unpaired) electrons. The van der Waals surface area contributed by atoms with Crippen molar-refractivity contribution in [2.24, 2.45) is 0 Å². The molecule has 1 unspecified atom stereocenters. The number of nitrogens with one attached hydrogen (secondary N) is 1. The van der Waals surface area contributed by atoms with Gasteiger partial charge in [0.1, 0.15) is 6.04 Å². The topological polar surface area (TPSA) is 103 Å². The van der Waals surface area contributed by atoms with Crippen LogP contribution in [0.3, 0.4) is 0 Å². The third-order valence-corrected chi connectivity index (χ3v) is 5.46. The zero-order valence-electron chi connectivity index (χ0n) is 15.5. The average molecular weight is 414 g/mol. The molecule has 1 aromatic carbocycles. The first-order valence-corrected chi connectivity index (χ1v) is 9.75. The van der Waals surface area contributed by atoms with Gasteiger partial charge in [0.25, 0.3) is 11.1 Å². The number of hydrogen-bond acceptors (Lipinski definition) is 7. The fourth-order valence-electron chi connectivity index (χ4n) is 2.92. The predicted octanol–water partition coefficient (Wildman–Crippen LogP) is 2.03. The molecule has 1 saturated heterocycles. The van der Waals surface area contributed by atoms with Gasteiger partial charge in [0.05, 0.1) is 11.2 Å². The van der Waals surface area contributed by atoms with Crippen LogP contribution < -0.4 is 14.8 Å². The van der Waals surface area contributed by atoms with Crippen molar-refractivity contribution in [2.45, 2.75) is 13.0 Å². The van der Waals surface area contributed by atoms with Gasteiger partial charge in [-0.15, -0.1) is 0 Å². The molecule has 0 spiro atoms. The van der Waals surface area contributed by atoms with E-state index in [9.17, 15) is 14.4 Å². The van der Waals surface area contributed by atoms with Crippen molar-refractivity contribution in [3.8, 4) is 11.5 Å². The number of fused-ring (bicyclic) bond motifs is 1. The Morgan fingerprint density at radius 1 is 1.34 bits per heavy atom. The zero-order valence-corrected chi connectivity index (χ0v) is 16.3. The average Bonchev–Trinajstić information content (AvgIpc) is 3.44. The first-order valence-electron chi connectivity index (χ1n) is 8.93. The highest BCUT2D eigenvalue weighted by Crippen LogP contribution is 2.36. The second-order valence-electron chi connectivity index (χ2n) is 6.42. The first kappa shape index (κ1) is 19.1. The van der Waals surface area contributed by atoms with Crippen LogP contribution in [0.1, 0.15) is 18.5 Å². The number of rotatable bonds is 6. The molecule has 3 amide bonds. The molecule has 2 aromatic rings. The number of thioether (sulfide) groups is 1. The SMILES string of the molecule is CC(C(=O)NCCN1C(=O)SC(=Cc2ccc3c(c2)OCO3)C1=O)n1ccnc1. The molecule has 0 saturated carbocycles. The summed E-state index contributed by atoms with van der Waals surface area (Å²) < 4.78 is 12.3.